The number of hydrogen-bond acceptors (Lipinski definition) is 4. The SMILES string of the molecule is CC(C)CC(NC(=O)c1ccc(Oc2ccccc2)nc1)C(=O)O. The van der Waals surface area contributed by atoms with Gasteiger partial charge < -0.3 is 15.2 Å². The van der Waals surface area contributed by atoms with E-state index in [-0.39, 0.29) is 11.5 Å². The van der Waals surface area contributed by atoms with Gasteiger partial charge in [0.1, 0.15) is 11.8 Å². The van der Waals surface area contributed by atoms with Crippen LogP contribution in [0.1, 0.15) is 30.6 Å². The van der Waals surface area contributed by atoms with Gasteiger partial charge in [0, 0.05) is 12.3 Å². The van der Waals surface area contributed by atoms with E-state index in [0.717, 1.165) is 0 Å². The summed E-state index contributed by atoms with van der Waals surface area (Å²) in [6, 6.07) is 11.4. The van der Waals surface area contributed by atoms with Gasteiger partial charge in [-0.05, 0) is 30.5 Å². The summed E-state index contributed by atoms with van der Waals surface area (Å²) in [7, 11) is 0. The van der Waals surface area contributed by atoms with Gasteiger partial charge >= 0.3 is 5.97 Å². The molecule has 6 nitrogen and oxygen atoms in total. The van der Waals surface area contributed by atoms with Crippen molar-refractivity contribution in [2.75, 3.05) is 0 Å². The molecule has 6 heteroatoms. The molecule has 24 heavy (non-hydrogen) atoms. The fourth-order valence-corrected chi connectivity index (χ4v) is 2.12. The topological polar surface area (TPSA) is 88.5 Å². The lowest BCUT2D eigenvalue weighted by Gasteiger charge is -2.16. The first-order chi connectivity index (χ1) is 11.5. The maximum atomic E-state index is 12.2. The van der Waals surface area contributed by atoms with E-state index < -0.39 is 17.9 Å². The van der Waals surface area contributed by atoms with Gasteiger partial charge in [0.2, 0.25) is 5.88 Å². The van der Waals surface area contributed by atoms with Crippen LogP contribution in [0.25, 0.3) is 0 Å². The van der Waals surface area contributed by atoms with Crippen molar-refractivity contribution in [3.63, 3.8) is 0 Å². The number of para-hydroxylation sites is 1. The predicted octanol–water partition coefficient (Wildman–Crippen LogP) is 3.10. The van der Waals surface area contributed by atoms with Gasteiger partial charge in [0.15, 0.2) is 0 Å². The Hall–Kier alpha value is -2.89. The number of carbonyl (C=O) groups is 2. The number of hydrogen-bond donors (Lipinski definition) is 2. The Morgan fingerprint density at radius 2 is 1.88 bits per heavy atom. The van der Waals surface area contributed by atoms with Gasteiger partial charge in [0.05, 0.1) is 5.56 Å². The molecule has 0 fully saturated rings. The molecule has 0 saturated heterocycles. The van der Waals surface area contributed by atoms with Gasteiger partial charge in [-0.15, -0.1) is 0 Å². The fraction of sp³-hybridized carbons (Fsp3) is 0.278. The number of rotatable bonds is 7. The summed E-state index contributed by atoms with van der Waals surface area (Å²) >= 11 is 0. The van der Waals surface area contributed by atoms with E-state index in [2.05, 4.69) is 10.3 Å². The number of carbonyl (C=O) groups excluding carboxylic acids is 1. The number of aromatic nitrogens is 1. The molecule has 0 bridgehead atoms. The van der Waals surface area contributed by atoms with Crippen LogP contribution in [0.3, 0.4) is 0 Å². The Balaban J connectivity index is 2.01. The highest BCUT2D eigenvalue weighted by Crippen LogP contribution is 2.18. The number of aliphatic carboxylic acids is 1. The van der Waals surface area contributed by atoms with E-state index in [1.807, 2.05) is 32.0 Å². The first-order valence-corrected chi connectivity index (χ1v) is 7.68. The third kappa shape index (κ3) is 5.08. The zero-order valence-electron chi connectivity index (χ0n) is 13.6. The predicted molar refractivity (Wildman–Crippen MR) is 89.1 cm³/mol. The Bertz CT molecular complexity index is 684. The van der Waals surface area contributed by atoms with Gasteiger partial charge in [-0.3, -0.25) is 4.79 Å². The van der Waals surface area contributed by atoms with Crippen molar-refractivity contribution in [2.45, 2.75) is 26.3 Å². The molecule has 0 spiro atoms. The second-order valence-corrected chi connectivity index (χ2v) is 5.79. The van der Waals surface area contributed by atoms with Crippen LogP contribution in [0.4, 0.5) is 0 Å². The number of carboxylic acid groups (broad SMARTS) is 1. The second kappa shape index (κ2) is 8.10. The zero-order chi connectivity index (χ0) is 17.5. The minimum Gasteiger partial charge on any atom is -0.480 e. The van der Waals surface area contributed by atoms with Crippen molar-refractivity contribution in [3.8, 4) is 11.6 Å². The Morgan fingerprint density at radius 1 is 1.17 bits per heavy atom. The van der Waals surface area contributed by atoms with Crippen LogP contribution in [0.2, 0.25) is 0 Å². The monoisotopic (exact) mass is 328 g/mol. The number of benzene rings is 1. The van der Waals surface area contributed by atoms with Gasteiger partial charge in [-0.1, -0.05) is 32.0 Å². The molecule has 1 heterocycles. The molecule has 1 aromatic carbocycles. The van der Waals surface area contributed by atoms with E-state index in [9.17, 15) is 14.7 Å². The average molecular weight is 328 g/mol. The number of nitrogens with zero attached hydrogens (tertiary/aromatic N) is 1. The van der Waals surface area contributed by atoms with E-state index in [4.69, 9.17) is 4.74 Å². The first kappa shape index (κ1) is 17.5. The quantitative estimate of drug-likeness (QED) is 0.815. The maximum absolute atomic E-state index is 12.2. The minimum absolute atomic E-state index is 0.158. The molecule has 2 rings (SSSR count). The smallest absolute Gasteiger partial charge is 0.326 e. The molecule has 1 unspecified atom stereocenters. The van der Waals surface area contributed by atoms with Crippen LogP contribution in [0.15, 0.2) is 48.7 Å². The summed E-state index contributed by atoms with van der Waals surface area (Å²) < 4.78 is 5.55. The summed E-state index contributed by atoms with van der Waals surface area (Å²) in [4.78, 5) is 27.4. The molecule has 0 saturated carbocycles. The lowest BCUT2D eigenvalue weighted by molar-refractivity contribution is -0.139. The zero-order valence-corrected chi connectivity index (χ0v) is 13.6. The molecule has 126 valence electrons. The molecule has 0 aliphatic heterocycles. The number of amides is 1. The molecule has 1 atom stereocenters. The summed E-state index contributed by atoms with van der Waals surface area (Å²) in [5, 5.41) is 11.7. The van der Waals surface area contributed by atoms with E-state index in [1.54, 1.807) is 24.3 Å². The third-order valence-corrected chi connectivity index (χ3v) is 3.27. The summed E-state index contributed by atoms with van der Waals surface area (Å²) in [5.41, 5.74) is 0.283. The highest BCUT2D eigenvalue weighted by molar-refractivity contribution is 5.96. The van der Waals surface area contributed by atoms with Crippen molar-refractivity contribution in [1.82, 2.24) is 10.3 Å². The van der Waals surface area contributed by atoms with E-state index in [1.165, 1.54) is 6.20 Å². The molecular formula is C18H20N2O4. The van der Waals surface area contributed by atoms with Gasteiger partial charge in [0.25, 0.3) is 5.91 Å². The Labute approximate surface area is 140 Å². The van der Waals surface area contributed by atoms with Crippen molar-refractivity contribution >= 4 is 11.9 Å². The van der Waals surface area contributed by atoms with Crippen LogP contribution in [-0.4, -0.2) is 28.0 Å². The van der Waals surface area contributed by atoms with Gasteiger partial charge in [-0.25, -0.2) is 9.78 Å². The van der Waals surface area contributed by atoms with Crippen molar-refractivity contribution < 1.29 is 19.4 Å². The number of pyridine rings is 1. The van der Waals surface area contributed by atoms with Crippen LogP contribution < -0.4 is 10.1 Å². The Morgan fingerprint density at radius 3 is 2.42 bits per heavy atom. The normalized spacial score (nSPS) is 11.8. The van der Waals surface area contributed by atoms with Crippen LogP contribution in [0, 0.1) is 5.92 Å². The molecular weight excluding hydrogens is 308 g/mol. The number of carboxylic acids is 1. The highest BCUT2D eigenvalue weighted by atomic mass is 16.5. The molecule has 1 amide bonds. The van der Waals surface area contributed by atoms with Crippen LogP contribution in [0.5, 0.6) is 11.6 Å². The van der Waals surface area contributed by atoms with Crippen LogP contribution >= 0.6 is 0 Å². The average Bonchev–Trinajstić information content (AvgIpc) is 2.55. The lowest BCUT2D eigenvalue weighted by atomic mass is 10.0. The van der Waals surface area contributed by atoms with E-state index in [0.29, 0.717) is 18.1 Å². The molecule has 1 aromatic heterocycles. The Kier molecular flexibility index (Phi) is 5.89. The summed E-state index contributed by atoms with van der Waals surface area (Å²) in [5.74, 6) is -0.359. The molecule has 0 aliphatic carbocycles. The fourth-order valence-electron chi connectivity index (χ4n) is 2.12. The second-order valence-electron chi connectivity index (χ2n) is 5.79. The molecule has 0 radical (unpaired) electrons. The minimum atomic E-state index is -1.05. The number of ether oxygens (including phenoxy) is 1. The third-order valence-electron chi connectivity index (χ3n) is 3.27. The van der Waals surface area contributed by atoms with Crippen molar-refractivity contribution in [2.24, 2.45) is 5.92 Å². The standard InChI is InChI=1S/C18H20N2O4/c1-12(2)10-15(18(22)23)20-17(21)13-8-9-16(19-11-13)24-14-6-4-3-5-7-14/h3-9,11-12,15H,10H2,1-2H3,(H,20,21)(H,22,23). The highest BCUT2D eigenvalue weighted by Gasteiger charge is 2.21. The summed E-state index contributed by atoms with van der Waals surface area (Å²) in [6.45, 7) is 3.80. The molecule has 0 aliphatic rings. The molecule has 2 N–H and O–H groups in total. The summed E-state index contributed by atoms with van der Waals surface area (Å²) in [6.07, 6.45) is 1.73. The van der Waals surface area contributed by atoms with Crippen molar-refractivity contribution in [3.05, 3.63) is 54.2 Å². The first-order valence-electron chi connectivity index (χ1n) is 7.68. The lowest BCUT2D eigenvalue weighted by Crippen LogP contribution is -2.41. The largest absolute Gasteiger partial charge is 0.480 e. The number of nitrogens with one attached hydrogen (secondary N) is 1. The molecule has 2 aromatic rings. The van der Waals surface area contributed by atoms with Crippen LogP contribution in [-0.2, 0) is 4.79 Å². The van der Waals surface area contributed by atoms with E-state index >= 15 is 0 Å². The maximum Gasteiger partial charge on any atom is 0.326 e. The van der Waals surface area contributed by atoms with Crippen molar-refractivity contribution in [1.29, 1.82) is 0 Å². The van der Waals surface area contributed by atoms with Gasteiger partial charge in [-0.2, -0.15) is 0 Å².